The van der Waals surface area contributed by atoms with Crippen molar-refractivity contribution in [3.8, 4) is 5.75 Å². The van der Waals surface area contributed by atoms with Gasteiger partial charge < -0.3 is 19.3 Å². The number of phenolic OH excluding ortho intramolecular Hbond substituents is 1. The summed E-state index contributed by atoms with van der Waals surface area (Å²) in [5, 5.41) is 10.5. The van der Waals surface area contributed by atoms with Crippen molar-refractivity contribution in [2.75, 3.05) is 50.7 Å². The number of benzene rings is 1. The zero-order valence-corrected chi connectivity index (χ0v) is 15.6. The van der Waals surface area contributed by atoms with Gasteiger partial charge in [-0.25, -0.2) is 4.79 Å². The first kappa shape index (κ1) is 18.0. The minimum Gasteiger partial charge on any atom is -0.508 e. The number of aromatic hydroxyl groups is 1. The van der Waals surface area contributed by atoms with Crippen LogP contribution in [-0.4, -0.2) is 66.6 Å². The van der Waals surface area contributed by atoms with Crippen molar-refractivity contribution < 1.29 is 14.3 Å². The third-order valence-corrected chi connectivity index (χ3v) is 5.62. The average Bonchev–Trinajstić information content (AvgIpc) is 2.69. The van der Waals surface area contributed by atoms with Crippen molar-refractivity contribution in [3.05, 3.63) is 34.2 Å². The number of hydrogen-bond acceptors (Lipinski definition) is 6. The molecule has 0 aliphatic carbocycles. The van der Waals surface area contributed by atoms with E-state index < -0.39 is 5.63 Å². The Balaban J connectivity index is 1.61. The molecule has 1 aromatic heterocycles. The lowest BCUT2D eigenvalue weighted by molar-refractivity contribution is -0.120. The summed E-state index contributed by atoms with van der Waals surface area (Å²) in [6.45, 7) is 7.67. The largest absolute Gasteiger partial charge is 0.508 e. The molecule has 0 atom stereocenters. The molecule has 0 radical (unpaired) electrons. The maximum atomic E-state index is 13.0. The number of fused-ring (bicyclic) bond motifs is 3. The van der Waals surface area contributed by atoms with Crippen LogP contribution in [0.2, 0.25) is 0 Å². The van der Waals surface area contributed by atoms with E-state index in [1.807, 2.05) is 0 Å². The first-order valence-corrected chi connectivity index (χ1v) is 9.60. The molecule has 1 fully saturated rings. The highest BCUT2D eigenvalue weighted by molar-refractivity contribution is 5.98. The molecule has 1 N–H and O–H groups in total. The summed E-state index contributed by atoms with van der Waals surface area (Å²) in [7, 11) is 0. The predicted molar refractivity (Wildman–Crippen MR) is 103 cm³/mol. The van der Waals surface area contributed by atoms with Crippen LogP contribution >= 0.6 is 0 Å². The molecule has 3 heterocycles. The van der Waals surface area contributed by atoms with Gasteiger partial charge >= 0.3 is 5.63 Å². The van der Waals surface area contributed by atoms with Crippen LogP contribution in [0.5, 0.6) is 5.75 Å². The van der Waals surface area contributed by atoms with Crippen molar-refractivity contribution in [1.29, 1.82) is 0 Å². The highest BCUT2D eigenvalue weighted by atomic mass is 16.4. The van der Waals surface area contributed by atoms with Gasteiger partial charge in [-0.3, -0.25) is 9.69 Å². The van der Waals surface area contributed by atoms with E-state index in [1.165, 1.54) is 6.07 Å². The zero-order valence-electron chi connectivity index (χ0n) is 15.6. The molecule has 1 amide bonds. The number of carbonyl (C=O) groups is 1. The van der Waals surface area contributed by atoms with E-state index in [0.29, 0.717) is 36.2 Å². The van der Waals surface area contributed by atoms with Crippen molar-refractivity contribution in [2.45, 2.75) is 19.8 Å². The molecule has 2 aromatic rings. The lowest BCUT2D eigenvalue weighted by atomic mass is 9.98. The lowest BCUT2D eigenvalue weighted by Crippen LogP contribution is -2.51. The monoisotopic (exact) mass is 371 g/mol. The van der Waals surface area contributed by atoms with Crippen LogP contribution in [0.3, 0.4) is 0 Å². The number of piperazine rings is 1. The minimum absolute atomic E-state index is 0.0623. The van der Waals surface area contributed by atoms with Crippen LogP contribution in [0.4, 0.5) is 5.69 Å². The maximum absolute atomic E-state index is 13.0. The van der Waals surface area contributed by atoms with Crippen LogP contribution in [-0.2, 0) is 11.2 Å². The van der Waals surface area contributed by atoms with E-state index >= 15 is 0 Å². The summed E-state index contributed by atoms with van der Waals surface area (Å²) in [5.74, 6) is 0.0588. The van der Waals surface area contributed by atoms with Gasteiger partial charge in [0.25, 0.3) is 0 Å². The van der Waals surface area contributed by atoms with Gasteiger partial charge in [0.1, 0.15) is 17.0 Å². The fourth-order valence-electron chi connectivity index (χ4n) is 4.08. The molecular weight excluding hydrogens is 346 g/mol. The van der Waals surface area contributed by atoms with Gasteiger partial charge in [-0.1, -0.05) is 6.92 Å². The summed E-state index contributed by atoms with van der Waals surface area (Å²) < 4.78 is 5.43. The Hall–Kier alpha value is -2.38. The third kappa shape index (κ3) is 3.44. The average molecular weight is 371 g/mol. The highest BCUT2D eigenvalue weighted by Gasteiger charge is 2.30. The van der Waals surface area contributed by atoms with E-state index in [-0.39, 0.29) is 11.7 Å². The van der Waals surface area contributed by atoms with Gasteiger partial charge in [-0.2, -0.15) is 0 Å². The van der Waals surface area contributed by atoms with Crippen molar-refractivity contribution in [3.63, 3.8) is 0 Å². The number of nitrogens with zero attached hydrogens (tertiary/aromatic N) is 3. The minimum atomic E-state index is -0.480. The summed E-state index contributed by atoms with van der Waals surface area (Å²) in [6, 6.07) is 4.70. The van der Waals surface area contributed by atoms with Crippen LogP contribution in [0.15, 0.2) is 27.4 Å². The molecular formula is C20H25N3O4. The number of likely N-dealkylation sites (N-methyl/N-ethyl adjacent to an activating group) is 1. The van der Waals surface area contributed by atoms with E-state index in [0.717, 1.165) is 44.7 Å². The molecule has 0 bridgehead atoms. The Morgan fingerprint density at radius 1 is 1.15 bits per heavy atom. The maximum Gasteiger partial charge on any atom is 0.360 e. The van der Waals surface area contributed by atoms with Crippen LogP contribution in [0.25, 0.3) is 11.0 Å². The van der Waals surface area contributed by atoms with Crippen LogP contribution in [0.1, 0.15) is 18.9 Å². The fraction of sp³-hybridized carbons (Fsp3) is 0.500. The number of aryl methyl sites for hydroxylation is 1. The second kappa shape index (κ2) is 7.32. The number of amides is 1. The normalized spacial score (nSPS) is 18.6. The Bertz CT molecular complexity index is 915. The number of phenols is 1. The van der Waals surface area contributed by atoms with Crippen LogP contribution in [0, 0.1) is 0 Å². The summed E-state index contributed by atoms with van der Waals surface area (Å²) in [4.78, 5) is 31.7. The molecule has 2 aliphatic rings. The number of carbonyl (C=O) groups excluding carboxylic acids is 1. The number of hydrogen-bond donors (Lipinski definition) is 1. The molecule has 7 nitrogen and oxygen atoms in total. The van der Waals surface area contributed by atoms with Crippen LogP contribution < -0.4 is 10.5 Å². The summed E-state index contributed by atoms with van der Waals surface area (Å²) in [5.41, 5.74) is 1.11. The molecule has 1 aromatic carbocycles. The first-order chi connectivity index (χ1) is 13.1. The van der Waals surface area contributed by atoms with Gasteiger partial charge in [0.05, 0.1) is 6.54 Å². The second-order valence-electron chi connectivity index (χ2n) is 7.26. The Morgan fingerprint density at radius 3 is 2.63 bits per heavy atom. The molecule has 2 aliphatic heterocycles. The Labute approximate surface area is 157 Å². The molecule has 1 saturated heterocycles. The molecule has 7 heteroatoms. The van der Waals surface area contributed by atoms with E-state index in [2.05, 4.69) is 16.7 Å². The van der Waals surface area contributed by atoms with E-state index in [4.69, 9.17) is 4.42 Å². The topological polar surface area (TPSA) is 77.2 Å². The quantitative estimate of drug-likeness (QED) is 0.823. The smallest absolute Gasteiger partial charge is 0.360 e. The first-order valence-electron chi connectivity index (χ1n) is 9.60. The third-order valence-electron chi connectivity index (χ3n) is 5.62. The highest BCUT2D eigenvalue weighted by Crippen LogP contribution is 2.32. The van der Waals surface area contributed by atoms with Crippen molar-refractivity contribution in [2.24, 2.45) is 0 Å². The van der Waals surface area contributed by atoms with Gasteiger partial charge in [0.2, 0.25) is 5.91 Å². The standard InChI is InChI=1S/C20H25N3O4/c1-2-21-8-10-22(11-9-21)13-18(25)23-7-3-4-15-16-12-14(24)5-6-17(16)27-20(26)19(15)23/h5-6,12,24H,2-4,7-11,13H2,1H3. The SMILES string of the molecule is CCN1CCN(CC(=O)N2CCCc3c2c(=O)oc2ccc(O)cc32)CC1. The van der Waals surface area contributed by atoms with E-state index in [1.54, 1.807) is 17.0 Å². The number of anilines is 1. The molecule has 144 valence electrons. The van der Waals surface area contributed by atoms with E-state index in [9.17, 15) is 14.7 Å². The Morgan fingerprint density at radius 2 is 1.89 bits per heavy atom. The zero-order chi connectivity index (χ0) is 19.0. The van der Waals surface area contributed by atoms with Gasteiger partial charge in [-0.05, 0) is 43.1 Å². The molecule has 27 heavy (non-hydrogen) atoms. The lowest BCUT2D eigenvalue weighted by Gasteiger charge is -2.35. The molecule has 0 unspecified atom stereocenters. The van der Waals surface area contributed by atoms with Crippen molar-refractivity contribution >= 4 is 22.6 Å². The number of rotatable bonds is 3. The predicted octanol–water partition coefficient (Wildman–Crippen LogP) is 1.42. The Kier molecular flexibility index (Phi) is 4.88. The molecule has 0 saturated carbocycles. The summed E-state index contributed by atoms with van der Waals surface area (Å²) >= 11 is 0. The molecule has 0 spiro atoms. The second-order valence-corrected chi connectivity index (χ2v) is 7.26. The molecule has 4 rings (SSSR count). The van der Waals surface area contributed by atoms with Gasteiger partial charge in [0.15, 0.2) is 0 Å². The van der Waals surface area contributed by atoms with Gasteiger partial charge in [0, 0.05) is 38.1 Å². The van der Waals surface area contributed by atoms with Crippen molar-refractivity contribution in [1.82, 2.24) is 9.80 Å². The fourth-order valence-corrected chi connectivity index (χ4v) is 4.08. The van der Waals surface area contributed by atoms with Gasteiger partial charge in [-0.15, -0.1) is 0 Å². The summed E-state index contributed by atoms with van der Waals surface area (Å²) in [6.07, 6.45) is 1.48.